The van der Waals surface area contributed by atoms with E-state index in [1.54, 1.807) is 6.07 Å². The van der Waals surface area contributed by atoms with Crippen molar-refractivity contribution < 1.29 is 9.84 Å². The van der Waals surface area contributed by atoms with Crippen molar-refractivity contribution in [3.8, 4) is 0 Å². The third-order valence-electron chi connectivity index (χ3n) is 3.53. The van der Waals surface area contributed by atoms with Crippen LogP contribution in [0.4, 0.5) is 5.69 Å². The van der Waals surface area contributed by atoms with Gasteiger partial charge in [-0.15, -0.1) is 0 Å². The Bertz CT molecular complexity index is 354. The molecule has 0 amide bonds. The van der Waals surface area contributed by atoms with Crippen molar-refractivity contribution in [1.29, 1.82) is 0 Å². The van der Waals surface area contributed by atoms with Gasteiger partial charge in [-0.05, 0) is 18.4 Å². The Hall–Kier alpha value is -1.06. The zero-order valence-electron chi connectivity index (χ0n) is 12.1. The highest BCUT2D eigenvalue weighted by atomic mass is 16.5. The number of unbranched alkanes of at least 4 members (excludes halogenated alkanes) is 1. The Kier molecular flexibility index (Phi) is 7.53. The van der Waals surface area contributed by atoms with E-state index in [0.717, 1.165) is 18.6 Å². The number of anilines is 1. The van der Waals surface area contributed by atoms with Crippen LogP contribution < -0.4 is 5.73 Å². The van der Waals surface area contributed by atoms with Gasteiger partial charge in [-0.3, -0.25) is 0 Å². The molecule has 0 fully saturated rings. The Morgan fingerprint density at radius 1 is 1.21 bits per heavy atom. The number of nitrogens with two attached hydrogens (primary N) is 1. The highest BCUT2D eigenvalue weighted by Crippen LogP contribution is 2.21. The number of hydrogen-bond acceptors (Lipinski definition) is 3. The van der Waals surface area contributed by atoms with Gasteiger partial charge < -0.3 is 15.6 Å². The summed E-state index contributed by atoms with van der Waals surface area (Å²) < 4.78 is 5.65. The lowest BCUT2D eigenvalue weighted by molar-refractivity contribution is 0.0184. The highest BCUT2D eigenvalue weighted by Gasteiger charge is 2.12. The van der Waals surface area contributed by atoms with Crippen LogP contribution in [0.3, 0.4) is 0 Å². The van der Waals surface area contributed by atoms with Crippen LogP contribution in [0.15, 0.2) is 24.3 Å². The van der Waals surface area contributed by atoms with Gasteiger partial charge in [-0.1, -0.05) is 51.3 Å². The fourth-order valence-corrected chi connectivity index (χ4v) is 2.15. The summed E-state index contributed by atoms with van der Waals surface area (Å²) in [5.74, 6) is 0.597. The van der Waals surface area contributed by atoms with Crippen LogP contribution in [0.25, 0.3) is 0 Å². The summed E-state index contributed by atoms with van der Waals surface area (Å²) in [4.78, 5) is 0. The molecule has 0 saturated carbocycles. The normalized spacial score (nSPS) is 14.3. The van der Waals surface area contributed by atoms with Crippen LogP contribution >= 0.6 is 0 Å². The maximum Gasteiger partial charge on any atom is 0.104 e. The van der Waals surface area contributed by atoms with E-state index in [2.05, 4.69) is 13.8 Å². The molecule has 0 aromatic heterocycles. The topological polar surface area (TPSA) is 55.5 Å². The molecule has 0 aliphatic heterocycles. The first-order chi connectivity index (χ1) is 9.19. The molecule has 0 radical (unpaired) electrons. The standard InChI is InChI=1S/C16H27NO2/c1-3-5-8-13(4-2)11-19-12-16(18)14-9-6-7-10-15(14)17/h6-7,9-10,13,16,18H,3-5,8,11-12,17H2,1-2H3. The molecule has 0 aliphatic carbocycles. The lowest BCUT2D eigenvalue weighted by atomic mass is 10.0. The molecule has 1 aromatic rings. The molecule has 0 aliphatic rings. The van der Waals surface area contributed by atoms with Crippen molar-refractivity contribution in [3.63, 3.8) is 0 Å². The Morgan fingerprint density at radius 3 is 2.58 bits per heavy atom. The van der Waals surface area contributed by atoms with Crippen LogP contribution in [-0.2, 0) is 4.74 Å². The van der Waals surface area contributed by atoms with E-state index in [1.807, 2.05) is 18.2 Å². The van der Waals surface area contributed by atoms with Crippen LogP contribution in [0.1, 0.15) is 51.2 Å². The van der Waals surface area contributed by atoms with Crippen LogP contribution in [0.2, 0.25) is 0 Å². The molecule has 0 spiro atoms. The largest absolute Gasteiger partial charge is 0.398 e. The van der Waals surface area contributed by atoms with Gasteiger partial charge in [-0.25, -0.2) is 0 Å². The molecule has 1 rings (SSSR count). The second kappa shape index (κ2) is 8.94. The van der Waals surface area contributed by atoms with Gasteiger partial charge >= 0.3 is 0 Å². The number of para-hydroxylation sites is 1. The molecule has 108 valence electrons. The van der Waals surface area contributed by atoms with Crippen LogP contribution in [-0.4, -0.2) is 18.3 Å². The van der Waals surface area contributed by atoms with Crippen molar-refractivity contribution >= 4 is 5.69 Å². The molecule has 3 N–H and O–H groups in total. The predicted octanol–water partition coefficient (Wildman–Crippen LogP) is 3.54. The Morgan fingerprint density at radius 2 is 1.95 bits per heavy atom. The molecule has 1 aromatic carbocycles. The zero-order chi connectivity index (χ0) is 14.1. The van der Waals surface area contributed by atoms with Crippen molar-refractivity contribution in [2.75, 3.05) is 18.9 Å². The number of benzene rings is 1. The summed E-state index contributed by atoms with van der Waals surface area (Å²) in [6.07, 6.45) is 4.17. The van der Waals surface area contributed by atoms with E-state index >= 15 is 0 Å². The molecule has 3 nitrogen and oxygen atoms in total. The van der Waals surface area contributed by atoms with E-state index in [4.69, 9.17) is 10.5 Å². The molecular formula is C16H27NO2. The fourth-order valence-electron chi connectivity index (χ4n) is 2.15. The van der Waals surface area contributed by atoms with E-state index in [-0.39, 0.29) is 0 Å². The fraction of sp³-hybridized carbons (Fsp3) is 0.625. The summed E-state index contributed by atoms with van der Waals surface area (Å²) in [7, 11) is 0. The van der Waals surface area contributed by atoms with Crippen LogP contribution in [0, 0.1) is 5.92 Å². The summed E-state index contributed by atoms with van der Waals surface area (Å²) >= 11 is 0. The van der Waals surface area contributed by atoms with E-state index in [9.17, 15) is 5.11 Å². The monoisotopic (exact) mass is 265 g/mol. The van der Waals surface area contributed by atoms with Gasteiger partial charge in [-0.2, -0.15) is 0 Å². The summed E-state index contributed by atoms with van der Waals surface area (Å²) in [6, 6.07) is 7.39. The summed E-state index contributed by atoms with van der Waals surface area (Å²) in [5, 5.41) is 10.1. The first kappa shape index (κ1) is 16.0. The lowest BCUT2D eigenvalue weighted by Crippen LogP contribution is -2.14. The molecule has 2 unspecified atom stereocenters. The van der Waals surface area contributed by atoms with Crippen molar-refractivity contribution in [1.82, 2.24) is 0 Å². The molecule has 2 atom stereocenters. The maximum atomic E-state index is 10.1. The second-order valence-electron chi connectivity index (χ2n) is 5.10. The van der Waals surface area contributed by atoms with Crippen LogP contribution in [0.5, 0.6) is 0 Å². The minimum absolute atomic E-state index is 0.316. The number of rotatable bonds is 9. The molecule has 3 heteroatoms. The van der Waals surface area contributed by atoms with Gasteiger partial charge in [0, 0.05) is 17.9 Å². The number of aliphatic hydroxyl groups excluding tert-OH is 1. The third kappa shape index (κ3) is 5.62. The van der Waals surface area contributed by atoms with E-state index in [0.29, 0.717) is 18.2 Å². The van der Waals surface area contributed by atoms with Gasteiger partial charge in [0.25, 0.3) is 0 Å². The smallest absolute Gasteiger partial charge is 0.104 e. The van der Waals surface area contributed by atoms with E-state index in [1.165, 1.54) is 19.3 Å². The van der Waals surface area contributed by atoms with Gasteiger partial charge in [0.05, 0.1) is 6.61 Å². The second-order valence-corrected chi connectivity index (χ2v) is 5.10. The van der Waals surface area contributed by atoms with Gasteiger partial charge in [0.2, 0.25) is 0 Å². The Labute approximate surface area is 116 Å². The SMILES string of the molecule is CCCCC(CC)COCC(O)c1ccccc1N. The number of ether oxygens (including phenoxy) is 1. The maximum absolute atomic E-state index is 10.1. The Balaban J connectivity index is 2.34. The van der Waals surface area contributed by atoms with Crippen molar-refractivity contribution in [3.05, 3.63) is 29.8 Å². The first-order valence-corrected chi connectivity index (χ1v) is 7.29. The third-order valence-corrected chi connectivity index (χ3v) is 3.53. The zero-order valence-corrected chi connectivity index (χ0v) is 12.1. The minimum Gasteiger partial charge on any atom is -0.398 e. The number of nitrogen functional groups attached to an aromatic ring is 1. The molecule has 0 bridgehead atoms. The van der Waals surface area contributed by atoms with Gasteiger partial charge in [0.1, 0.15) is 6.10 Å². The minimum atomic E-state index is -0.634. The average molecular weight is 265 g/mol. The van der Waals surface area contributed by atoms with Gasteiger partial charge in [0.15, 0.2) is 0 Å². The summed E-state index contributed by atoms with van der Waals surface area (Å²) in [5.41, 5.74) is 7.21. The molecule has 0 saturated heterocycles. The van der Waals surface area contributed by atoms with Crippen molar-refractivity contribution in [2.24, 2.45) is 5.92 Å². The van der Waals surface area contributed by atoms with E-state index < -0.39 is 6.10 Å². The quantitative estimate of drug-likeness (QED) is 0.671. The average Bonchev–Trinajstić information content (AvgIpc) is 2.42. The lowest BCUT2D eigenvalue weighted by Gasteiger charge is -2.17. The highest BCUT2D eigenvalue weighted by molar-refractivity contribution is 5.47. The predicted molar refractivity (Wildman–Crippen MR) is 79.9 cm³/mol. The number of hydrogen-bond donors (Lipinski definition) is 2. The molecule has 0 heterocycles. The molecule has 19 heavy (non-hydrogen) atoms. The molecular weight excluding hydrogens is 238 g/mol. The van der Waals surface area contributed by atoms with Crippen molar-refractivity contribution in [2.45, 2.75) is 45.6 Å². The summed E-state index contributed by atoms with van der Waals surface area (Å²) in [6.45, 7) is 5.43. The number of aliphatic hydroxyl groups is 1. The first-order valence-electron chi connectivity index (χ1n) is 7.29.